The first-order valence-corrected chi connectivity index (χ1v) is 4.71. The van der Waals surface area contributed by atoms with Crippen LogP contribution in [-0.2, 0) is 4.79 Å². The van der Waals surface area contributed by atoms with Crippen LogP contribution in [0.2, 0.25) is 0 Å². The van der Waals surface area contributed by atoms with E-state index >= 15 is 0 Å². The van der Waals surface area contributed by atoms with Crippen molar-refractivity contribution in [2.75, 3.05) is 0 Å². The molecule has 1 amide bonds. The molecule has 0 saturated heterocycles. The number of benzene rings is 1. The summed E-state index contributed by atoms with van der Waals surface area (Å²) in [4.78, 5) is 10.8. The van der Waals surface area contributed by atoms with E-state index in [1.165, 1.54) is 5.56 Å². The number of rotatable bonds is 4. The molecule has 0 spiro atoms. The van der Waals surface area contributed by atoms with Crippen LogP contribution >= 0.6 is 0 Å². The first kappa shape index (κ1) is 10.7. The van der Waals surface area contributed by atoms with Gasteiger partial charge in [-0.25, -0.2) is 0 Å². The highest BCUT2D eigenvalue weighted by atomic mass is 16.1. The SMILES string of the molecule is CC(CC(N)C(N)=O)c1ccccc1. The Morgan fingerprint density at radius 3 is 2.43 bits per heavy atom. The van der Waals surface area contributed by atoms with E-state index in [0.29, 0.717) is 6.42 Å². The summed E-state index contributed by atoms with van der Waals surface area (Å²) in [6, 6.07) is 9.41. The van der Waals surface area contributed by atoms with Crippen LogP contribution in [0.4, 0.5) is 0 Å². The first-order valence-electron chi connectivity index (χ1n) is 4.71. The molecular formula is C11H16N2O. The topological polar surface area (TPSA) is 69.1 Å². The molecule has 0 bridgehead atoms. The van der Waals surface area contributed by atoms with Crippen molar-refractivity contribution in [1.82, 2.24) is 0 Å². The van der Waals surface area contributed by atoms with Gasteiger partial charge >= 0.3 is 0 Å². The van der Waals surface area contributed by atoms with Crippen molar-refractivity contribution in [2.24, 2.45) is 11.5 Å². The standard InChI is InChI=1S/C11H16N2O/c1-8(7-10(12)11(13)14)9-5-3-2-4-6-9/h2-6,8,10H,7,12H2,1H3,(H2,13,14). The lowest BCUT2D eigenvalue weighted by Crippen LogP contribution is -2.37. The van der Waals surface area contributed by atoms with Gasteiger partial charge in [-0.05, 0) is 17.9 Å². The number of primary amides is 1. The van der Waals surface area contributed by atoms with Crippen LogP contribution in [0.5, 0.6) is 0 Å². The Balaban J connectivity index is 2.59. The molecule has 14 heavy (non-hydrogen) atoms. The molecule has 0 radical (unpaired) electrons. The highest BCUT2D eigenvalue weighted by Gasteiger charge is 2.14. The van der Waals surface area contributed by atoms with Gasteiger partial charge < -0.3 is 11.5 Å². The molecule has 0 aliphatic heterocycles. The summed E-state index contributed by atoms with van der Waals surface area (Å²) in [5, 5.41) is 0. The van der Waals surface area contributed by atoms with Crippen molar-refractivity contribution < 1.29 is 4.79 Å². The summed E-state index contributed by atoms with van der Waals surface area (Å²) in [5.41, 5.74) is 11.9. The second-order valence-corrected chi connectivity index (χ2v) is 3.56. The lowest BCUT2D eigenvalue weighted by atomic mass is 9.94. The molecule has 0 aliphatic rings. The minimum atomic E-state index is -0.551. The van der Waals surface area contributed by atoms with Crippen molar-refractivity contribution in [3.8, 4) is 0 Å². The Morgan fingerprint density at radius 1 is 1.36 bits per heavy atom. The van der Waals surface area contributed by atoms with Crippen molar-refractivity contribution in [3.05, 3.63) is 35.9 Å². The average molecular weight is 192 g/mol. The molecule has 3 nitrogen and oxygen atoms in total. The van der Waals surface area contributed by atoms with E-state index < -0.39 is 11.9 Å². The lowest BCUT2D eigenvalue weighted by molar-refractivity contribution is -0.119. The molecule has 0 aromatic heterocycles. The maximum Gasteiger partial charge on any atom is 0.234 e. The molecule has 0 heterocycles. The van der Waals surface area contributed by atoms with E-state index in [0.717, 1.165) is 0 Å². The number of hydrogen-bond acceptors (Lipinski definition) is 2. The van der Waals surface area contributed by atoms with E-state index in [2.05, 4.69) is 0 Å². The smallest absolute Gasteiger partial charge is 0.234 e. The van der Waals surface area contributed by atoms with Gasteiger partial charge in [-0.2, -0.15) is 0 Å². The Morgan fingerprint density at radius 2 is 1.93 bits per heavy atom. The van der Waals surface area contributed by atoms with Gasteiger partial charge in [0.25, 0.3) is 0 Å². The summed E-state index contributed by atoms with van der Waals surface area (Å²) < 4.78 is 0. The summed E-state index contributed by atoms with van der Waals surface area (Å²) in [6.07, 6.45) is 0.597. The molecule has 0 saturated carbocycles. The van der Waals surface area contributed by atoms with E-state index in [1.807, 2.05) is 37.3 Å². The van der Waals surface area contributed by atoms with E-state index in [-0.39, 0.29) is 5.92 Å². The molecule has 1 aromatic carbocycles. The van der Waals surface area contributed by atoms with E-state index in [4.69, 9.17) is 11.5 Å². The fourth-order valence-electron chi connectivity index (χ4n) is 1.41. The maximum atomic E-state index is 10.8. The minimum absolute atomic E-state index is 0.263. The molecular weight excluding hydrogens is 176 g/mol. The van der Waals surface area contributed by atoms with Gasteiger partial charge in [-0.1, -0.05) is 37.3 Å². The molecule has 3 heteroatoms. The fraction of sp³-hybridized carbons (Fsp3) is 0.364. The van der Waals surface area contributed by atoms with Crippen molar-refractivity contribution in [1.29, 1.82) is 0 Å². The summed E-state index contributed by atoms with van der Waals surface area (Å²) >= 11 is 0. The zero-order chi connectivity index (χ0) is 10.6. The lowest BCUT2D eigenvalue weighted by Gasteiger charge is -2.14. The van der Waals surface area contributed by atoms with Crippen LogP contribution in [-0.4, -0.2) is 11.9 Å². The second-order valence-electron chi connectivity index (χ2n) is 3.56. The number of carbonyl (C=O) groups excluding carboxylic acids is 1. The fourth-order valence-corrected chi connectivity index (χ4v) is 1.41. The molecule has 2 unspecified atom stereocenters. The second kappa shape index (κ2) is 4.77. The normalized spacial score (nSPS) is 14.7. The molecule has 2 atom stereocenters. The van der Waals surface area contributed by atoms with Crippen LogP contribution in [0.1, 0.15) is 24.8 Å². The van der Waals surface area contributed by atoms with Crippen molar-refractivity contribution in [3.63, 3.8) is 0 Å². The highest BCUT2D eigenvalue weighted by molar-refractivity contribution is 5.79. The number of carbonyl (C=O) groups is 1. The third kappa shape index (κ3) is 2.85. The van der Waals surface area contributed by atoms with Crippen molar-refractivity contribution in [2.45, 2.75) is 25.3 Å². The quantitative estimate of drug-likeness (QED) is 0.747. The van der Waals surface area contributed by atoms with Gasteiger partial charge in [-0.15, -0.1) is 0 Å². The van der Waals surface area contributed by atoms with Gasteiger partial charge in [0.15, 0.2) is 0 Å². The van der Waals surface area contributed by atoms with Crippen LogP contribution in [0.25, 0.3) is 0 Å². The monoisotopic (exact) mass is 192 g/mol. The van der Waals surface area contributed by atoms with Gasteiger partial charge in [-0.3, -0.25) is 4.79 Å². The Hall–Kier alpha value is -1.35. The Labute approximate surface area is 84.1 Å². The number of hydrogen-bond donors (Lipinski definition) is 2. The summed E-state index contributed by atoms with van der Waals surface area (Å²) in [5.74, 6) is -0.175. The first-order chi connectivity index (χ1) is 6.61. The molecule has 1 aromatic rings. The zero-order valence-electron chi connectivity index (χ0n) is 8.31. The molecule has 1 rings (SSSR count). The third-order valence-corrected chi connectivity index (χ3v) is 2.34. The predicted molar refractivity (Wildman–Crippen MR) is 56.6 cm³/mol. The highest BCUT2D eigenvalue weighted by Crippen LogP contribution is 2.19. The molecule has 76 valence electrons. The molecule has 0 fully saturated rings. The van der Waals surface area contributed by atoms with Crippen LogP contribution < -0.4 is 11.5 Å². The molecule has 4 N–H and O–H groups in total. The summed E-state index contributed by atoms with van der Waals surface area (Å²) in [7, 11) is 0. The minimum Gasteiger partial charge on any atom is -0.368 e. The van der Waals surface area contributed by atoms with Crippen LogP contribution in [0.3, 0.4) is 0 Å². The summed E-state index contributed by atoms with van der Waals surface area (Å²) in [6.45, 7) is 2.04. The predicted octanol–water partition coefficient (Wildman–Crippen LogP) is 0.993. The van der Waals surface area contributed by atoms with Crippen molar-refractivity contribution >= 4 is 5.91 Å². The van der Waals surface area contributed by atoms with Gasteiger partial charge in [0.05, 0.1) is 6.04 Å². The largest absolute Gasteiger partial charge is 0.368 e. The molecule has 0 aliphatic carbocycles. The van der Waals surface area contributed by atoms with Gasteiger partial charge in [0.1, 0.15) is 0 Å². The van der Waals surface area contributed by atoms with Crippen LogP contribution in [0, 0.1) is 0 Å². The van der Waals surface area contributed by atoms with Crippen LogP contribution in [0.15, 0.2) is 30.3 Å². The Bertz CT molecular complexity index is 297. The number of amides is 1. The van der Waals surface area contributed by atoms with Gasteiger partial charge in [0.2, 0.25) is 5.91 Å². The van der Waals surface area contributed by atoms with Gasteiger partial charge in [0, 0.05) is 0 Å². The number of nitrogens with two attached hydrogens (primary N) is 2. The maximum absolute atomic E-state index is 10.8. The average Bonchev–Trinajstić information content (AvgIpc) is 2.19. The van der Waals surface area contributed by atoms with E-state index in [1.54, 1.807) is 0 Å². The zero-order valence-corrected chi connectivity index (χ0v) is 8.31. The Kier molecular flexibility index (Phi) is 3.65. The van der Waals surface area contributed by atoms with E-state index in [9.17, 15) is 4.79 Å². The third-order valence-electron chi connectivity index (χ3n) is 2.34.